The van der Waals surface area contributed by atoms with Crippen LogP contribution in [-0.4, -0.2) is 35.6 Å². The summed E-state index contributed by atoms with van der Waals surface area (Å²) in [7, 11) is 2.48. The van der Waals surface area contributed by atoms with E-state index >= 15 is 0 Å². The zero-order valence-electron chi connectivity index (χ0n) is 11.7. The Morgan fingerprint density at radius 2 is 1.88 bits per heavy atom. The zero-order chi connectivity index (χ0) is 12.6. The molecule has 0 aliphatic carbocycles. The molecule has 2 unspecified atom stereocenters. The van der Waals surface area contributed by atoms with Gasteiger partial charge in [0.1, 0.15) is 10.5 Å². The molecule has 98 valence electrons. The lowest BCUT2D eigenvalue weighted by atomic mass is 9.99. The van der Waals surface area contributed by atoms with Crippen molar-refractivity contribution < 1.29 is 13.9 Å². The van der Waals surface area contributed by atoms with Gasteiger partial charge in [0.15, 0.2) is 6.29 Å². The van der Waals surface area contributed by atoms with E-state index in [1.54, 1.807) is 7.11 Å². The number of hydrogen-bond acceptors (Lipinski definition) is 3. The van der Waals surface area contributed by atoms with Gasteiger partial charge < -0.3 is 13.9 Å². The van der Waals surface area contributed by atoms with Crippen LogP contribution in [0.2, 0.25) is 0 Å². The monoisotopic (exact) mass is 248 g/mol. The predicted molar refractivity (Wildman–Crippen MR) is 70.6 cm³/mol. The Morgan fingerprint density at radius 1 is 1.25 bits per heavy atom. The van der Waals surface area contributed by atoms with Crippen LogP contribution < -0.4 is 0 Å². The zero-order valence-corrected chi connectivity index (χ0v) is 13.7. The molecule has 0 saturated carbocycles. The largest absolute Gasteiger partial charge is 0.423 e. The second kappa shape index (κ2) is 8.23. The van der Waals surface area contributed by atoms with Gasteiger partial charge in [-0.25, -0.2) is 0 Å². The minimum atomic E-state index is -0.0720. The van der Waals surface area contributed by atoms with Crippen LogP contribution >= 0.6 is 0 Å². The minimum Gasteiger partial charge on any atom is -0.423 e. The first-order valence-corrected chi connectivity index (χ1v) is 7.04. The second-order valence-corrected chi connectivity index (χ2v) is 5.20. The number of rotatable bonds is 9. The summed E-state index contributed by atoms with van der Waals surface area (Å²) in [6.07, 6.45) is 4.11. The molecule has 0 amide bonds. The van der Waals surface area contributed by atoms with Crippen LogP contribution in [-0.2, 0) is 13.9 Å². The quantitative estimate of drug-likeness (QED) is 0.461. The summed E-state index contributed by atoms with van der Waals surface area (Å²) in [6, 6.07) is 0. The molecule has 0 fully saturated rings. The van der Waals surface area contributed by atoms with Gasteiger partial charge in [-0.05, 0) is 26.7 Å². The fraction of sp³-hybridized carbons (Fsp3) is 1.00. The summed E-state index contributed by atoms with van der Waals surface area (Å²) in [6.45, 7) is 8.52. The summed E-state index contributed by atoms with van der Waals surface area (Å²) in [4.78, 5) is 0. The van der Waals surface area contributed by atoms with E-state index in [0.717, 1.165) is 36.2 Å². The molecule has 0 saturated heterocycles. The first-order chi connectivity index (χ1) is 7.49. The molecule has 0 aliphatic rings. The van der Waals surface area contributed by atoms with E-state index in [1.165, 1.54) is 0 Å². The number of methoxy groups -OCH3 is 1. The molecule has 0 rings (SSSR count). The molecule has 4 heteroatoms. The third-order valence-corrected chi connectivity index (χ3v) is 3.96. The summed E-state index contributed by atoms with van der Waals surface area (Å²) < 4.78 is 16.8. The highest BCUT2D eigenvalue weighted by molar-refractivity contribution is 5.98. The third kappa shape index (κ3) is 6.63. The van der Waals surface area contributed by atoms with Crippen molar-refractivity contribution in [2.24, 2.45) is 0 Å². The topological polar surface area (TPSA) is 27.7 Å². The van der Waals surface area contributed by atoms with Crippen LogP contribution in [0.15, 0.2) is 0 Å². The normalized spacial score (nSPS) is 16.3. The maximum absolute atomic E-state index is 5.94. The Bertz CT molecular complexity index is 174. The Labute approximate surface area is 103 Å². The van der Waals surface area contributed by atoms with Crippen molar-refractivity contribution in [1.29, 1.82) is 0 Å². The summed E-state index contributed by atoms with van der Waals surface area (Å²) >= 11 is 0. The Kier molecular flexibility index (Phi) is 8.28. The van der Waals surface area contributed by atoms with Gasteiger partial charge >= 0.3 is 0 Å². The van der Waals surface area contributed by atoms with Gasteiger partial charge in [-0.15, -0.1) is 0 Å². The van der Waals surface area contributed by atoms with Crippen molar-refractivity contribution in [3.8, 4) is 0 Å². The number of ether oxygens (including phenoxy) is 2. The maximum Gasteiger partial charge on any atom is 0.157 e. The van der Waals surface area contributed by atoms with Gasteiger partial charge in [0.25, 0.3) is 0 Å². The molecular weight excluding hydrogens is 220 g/mol. The van der Waals surface area contributed by atoms with E-state index in [4.69, 9.17) is 13.9 Å². The van der Waals surface area contributed by atoms with Crippen molar-refractivity contribution >= 4 is 10.5 Å². The van der Waals surface area contributed by atoms with Crippen molar-refractivity contribution in [1.82, 2.24) is 0 Å². The average Bonchev–Trinajstić information content (AvgIpc) is 2.27. The number of hydrogen-bond donors (Lipinski definition) is 0. The highest BCUT2D eigenvalue weighted by atomic mass is 28.2. The molecule has 2 atom stereocenters. The highest BCUT2D eigenvalue weighted by Gasteiger charge is 2.23. The van der Waals surface area contributed by atoms with Crippen LogP contribution in [0.4, 0.5) is 0 Å². The predicted octanol–water partition coefficient (Wildman–Crippen LogP) is 2.02. The lowest BCUT2D eigenvalue weighted by molar-refractivity contribution is -0.169. The van der Waals surface area contributed by atoms with Crippen LogP contribution in [0.3, 0.4) is 0 Å². The molecule has 0 spiro atoms. The Hall–Kier alpha value is 0.0969. The van der Waals surface area contributed by atoms with Crippen LogP contribution in [0.5, 0.6) is 0 Å². The van der Waals surface area contributed by atoms with E-state index in [2.05, 4.69) is 27.7 Å². The van der Waals surface area contributed by atoms with E-state index < -0.39 is 0 Å². The van der Waals surface area contributed by atoms with E-state index in [1.807, 2.05) is 0 Å². The van der Waals surface area contributed by atoms with Crippen molar-refractivity contribution in [2.75, 3.05) is 7.11 Å². The van der Waals surface area contributed by atoms with E-state index in [-0.39, 0.29) is 18.0 Å². The molecule has 16 heavy (non-hydrogen) atoms. The molecule has 0 aliphatic heterocycles. The summed E-state index contributed by atoms with van der Waals surface area (Å²) in [5.74, 6) is 0. The minimum absolute atomic E-state index is 0.0696. The Morgan fingerprint density at radius 3 is 2.25 bits per heavy atom. The SMILES string of the molecule is CCCC(OC)OC(CC)CC(C)(C)O[SiH3]. The molecule has 0 N–H and O–H groups in total. The lowest BCUT2D eigenvalue weighted by Crippen LogP contribution is -2.33. The van der Waals surface area contributed by atoms with Gasteiger partial charge in [0, 0.05) is 13.5 Å². The van der Waals surface area contributed by atoms with Crippen molar-refractivity contribution in [3.63, 3.8) is 0 Å². The molecule has 0 heterocycles. The van der Waals surface area contributed by atoms with E-state index in [0.29, 0.717) is 0 Å². The fourth-order valence-corrected chi connectivity index (χ4v) is 1.78. The van der Waals surface area contributed by atoms with Crippen molar-refractivity contribution in [2.45, 2.75) is 71.4 Å². The van der Waals surface area contributed by atoms with Gasteiger partial charge in [0.2, 0.25) is 0 Å². The Balaban J connectivity index is 4.17. The molecule has 0 bridgehead atoms. The average molecular weight is 248 g/mol. The lowest BCUT2D eigenvalue weighted by Gasteiger charge is -2.30. The molecule has 0 radical (unpaired) electrons. The highest BCUT2D eigenvalue weighted by Crippen LogP contribution is 2.21. The van der Waals surface area contributed by atoms with Crippen LogP contribution in [0.25, 0.3) is 0 Å². The standard InChI is InChI=1S/C12H28O3Si/c1-6-8-11(13-5)14-10(7-2)9-12(3,4)15-16/h10-11H,6-9H2,1-5,16H3. The van der Waals surface area contributed by atoms with Crippen LogP contribution in [0.1, 0.15) is 53.4 Å². The van der Waals surface area contributed by atoms with Gasteiger partial charge in [-0.3, -0.25) is 0 Å². The molecular formula is C12H28O3Si. The first kappa shape index (κ1) is 16.1. The second-order valence-electron chi connectivity index (χ2n) is 4.79. The summed E-state index contributed by atoms with van der Waals surface area (Å²) in [5.41, 5.74) is -0.0720. The van der Waals surface area contributed by atoms with Gasteiger partial charge in [0.05, 0.1) is 11.7 Å². The first-order valence-electron chi connectivity index (χ1n) is 6.22. The summed E-state index contributed by atoms with van der Waals surface area (Å²) in [5, 5.41) is 0. The van der Waals surface area contributed by atoms with Gasteiger partial charge in [-0.2, -0.15) is 0 Å². The maximum atomic E-state index is 5.94. The molecule has 3 nitrogen and oxygen atoms in total. The molecule has 0 aromatic heterocycles. The fourth-order valence-electron chi connectivity index (χ4n) is 1.61. The smallest absolute Gasteiger partial charge is 0.157 e. The molecule has 0 aromatic rings. The van der Waals surface area contributed by atoms with Gasteiger partial charge in [-0.1, -0.05) is 20.3 Å². The van der Waals surface area contributed by atoms with Crippen LogP contribution in [0, 0.1) is 0 Å². The van der Waals surface area contributed by atoms with E-state index in [9.17, 15) is 0 Å². The van der Waals surface area contributed by atoms with Crippen molar-refractivity contribution in [3.05, 3.63) is 0 Å². The molecule has 0 aromatic carbocycles. The third-order valence-electron chi connectivity index (χ3n) is 2.86.